The first kappa shape index (κ1) is 27.6. The molecule has 3 heterocycles. The van der Waals surface area contributed by atoms with Gasteiger partial charge in [-0.25, -0.2) is 19.6 Å². The maximum Gasteiger partial charge on any atom is 0.410 e. The van der Waals surface area contributed by atoms with Crippen molar-refractivity contribution in [1.29, 1.82) is 0 Å². The lowest BCUT2D eigenvalue weighted by Gasteiger charge is -2.36. The minimum Gasteiger partial charge on any atom is -0.445 e. The summed E-state index contributed by atoms with van der Waals surface area (Å²) < 4.78 is 13.2. The molecule has 0 saturated carbocycles. The highest BCUT2D eigenvalue weighted by molar-refractivity contribution is 6.76. The van der Waals surface area contributed by atoms with Gasteiger partial charge in [-0.3, -0.25) is 5.32 Å². The molecule has 204 valence electrons. The van der Waals surface area contributed by atoms with Gasteiger partial charge in [0.25, 0.3) is 0 Å². The smallest absolute Gasteiger partial charge is 0.410 e. The van der Waals surface area contributed by atoms with Crippen LogP contribution in [0.2, 0.25) is 25.7 Å². The average molecular weight is 539 g/mol. The van der Waals surface area contributed by atoms with E-state index in [1.54, 1.807) is 4.90 Å². The summed E-state index contributed by atoms with van der Waals surface area (Å²) in [6.07, 6.45) is 3.81. The largest absolute Gasteiger partial charge is 0.445 e. The number of nitrogens with zero attached hydrogens (tertiary/aromatic N) is 4. The highest BCUT2D eigenvalue weighted by Crippen LogP contribution is 2.19. The quantitative estimate of drug-likeness (QED) is 0.296. The van der Waals surface area contributed by atoms with Crippen molar-refractivity contribution in [2.75, 3.05) is 25.0 Å². The molecule has 10 nitrogen and oxygen atoms in total. The lowest BCUT2D eigenvalue weighted by molar-refractivity contribution is 0.0739. The van der Waals surface area contributed by atoms with Crippen LogP contribution in [-0.2, 0) is 22.8 Å². The van der Waals surface area contributed by atoms with E-state index in [4.69, 9.17) is 9.47 Å². The van der Waals surface area contributed by atoms with E-state index in [9.17, 15) is 9.59 Å². The summed E-state index contributed by atoms with van der Waals surface area (Å²) in [4.78, 5) is 36.0. The lowest BCUT2D eigenvalue weighted by Crippen LogP contribution is -2.53. The number of urea groups is 1. The third kappa shape index (κ3) is 8.03. The van der Waals surface area contributed by atoms with Gasteiger partial charge in [-0.1, -0.05) is 56.9 Å². The topological polar surface area (TPSA) is 111 Å². The maximum atomic E-state index is 12.7. The van der Waals surface area contributed by atoms with E-state index in [2.05, 4.69) is 47.2 Å². The zero-order chi connectivity index (χ0) is 27.1. The number of nitrogens with one attached hydrogen (secondary N) is 2. The number of amides is 3. The van der Waals surface area contributed by atoms with Gasteiger partial charge in [-0.2, -0.15) is 0 Å². The molecule has 0 bridgehead atoms. The minimum absolute atomic E-state index is 0.200. The summed E-state index contributed by atoms with van der Waals surface area (Å²) in [5.74, 6) is 0.581. The highest BCUT2D eigenvalue weighted by Gasteiger charge is 2.30. The second-order valence-electron chi connectivity index (χ2n) is 11.2. The van der Waals surface area contributed by atoms with Gasteiger partial charge in [0.15, 0.2) is 11.5 Å². The number of benzene rings is 1. The Labute approximate surface area is 224 Å². The number of carbonyl (C=O) groups excluding carboxylic acids is 2. The van der Waals surface area contributed by atoms with Crippen LogP contribution >= 0.6 is 0 Å². The molecule has 0 unspecified atom stereocenters. The molecule has 0 spiro atoms. The number of piperidine rings is 1. The summed E-state index contributed by atoms with van der Waals surface area (Å²) in [5.41, 5.74) is 2.31. The molecular weight excluding hydrogens is 500 g/mol. The van der Waals surface area contributed by atoms with Crippen LogP contribution < -0.4 is 10.6 Å². The van der Waals surface area contributed by atoms with Crippen molar-refractivity contribution in [2.24, 2.45) is 5.92 Å². The van der Waals surface area contributed by atoms with Crippen molar-refractivity contribution in [2.45, 2.75) is 58.4 Å². The van der Waals surface area contributed by atoms with E-state index in [0.29, 0.717) is 36.8 Å². The molecular formula is C27H38N6O4Si. The fraction of sp³-hybridized carbons (Fsp3) is 0.481. The highest BCUT2D eigenvalue weighted by atomic mass is 28.3. The number of aromatic nitrogens is 3. The number of hydrogen-bond acceptors (Lipinski definition) is 6. The predicted octanol–water partition coefficient (Wildman–Crippen LogP) is 4.91. The zero-order valence-corrected chi connectivity index (χ0v) is 23.6. The van der Waals surface area contributed by atoms with E-state index in [0.717, 1.165) is 24.6 Å². The molecule has 1 fully saturated rings. The van der Waals surface area contributed by atoms with Crippen LogP contribution in [0.1, 0.15) is 18.9 Å². The molecule has 38 heavy (non-hydrogen) atoms. The Bertz CT molecular complexity index is 1230. The lowest BCUT2D eigenvalue weighted by atomic mass is 9.96. The van der Waals surface area contributed by atoms with Crippen molar-refractivity contribution in [3.8, 4) is 0 Å². The predicted molar refractivity (Wildman–Crippen MR) is 150 cm³/mol. The SMILES string of the molecule is C[C@H]1C[C@H](NC(=O)Nc2cnc3c(ccn3COCC[Si](C)(C)C)n2)CN(C(=O)OCc2ccccc2)C1. The number of anilines is 1. The summed E-state index contributed by atoms with van der Waals surface area (Å²) in [6, 6.07) is 11.9. The van der Waals surface area contributed by atoms with Crippen molar-refractivity contribution in [3.63, 3.8) is 0 Å². The fourth-order valence-electron chi connectivity index (χ4n) is 4.42. The van der Waals surface area contributed by atoms with E-state index in [1.165, 1.54) is 6.20 Å². The second-order valence-corrected chi connectivity index (χ2v) is 16.8. The average Bonchev–Trinajstić information content (AvgIpc) is 3.27. The third-order valence-corrected chi connectivity index (χ3v) is 8.09. The van der Waals surface area contributed by atoms with Crippen molar-refractivity contribution in [3.05, 3.63) is 54.4 Å². The first-order chi connectivity index (χ1) is 18.2. The minimum atomic E-state index is -1.14. The third-order valence-electron chi connectivity index (χ3n) is 6.39. The van der Waals surface area contributed by atoms with Gasteiger partial charge in [0.2, 0.25) is 0 Å². The van der Waals surface area contributed by atoms with E-state index >= 15 is 0 Å². The number of hydrogen-bond donors (Lipinski definition) is 2. The molecule has 0 radical (unpaired) electrons. The number of carbonyl (C=O) groups is 2. The van der Waals surface area contributed by atoms with E-state index < -0.39 is 8.07 Å². The van der Waals surface area contributed by atoms with Crippen molar-refractivity contribution < 1.29 is 19.1 Å². The van der Waals surface area contributed by atoms with Crippen LogP contribution in [0.15, 0.2) is 48.8 Å². The number of fused-ring (bicyclic) bond motifs is 1. The summed E-state index contributed by atoms with van der Waals surface area (Å²) in [7, 11) is -1.14. The molecule has 4 rings (SSSR count). The second kappa shape index (κ2) is 12.4. The normalized spacial score (nSPS) is 17.8. The number of ether oxygens (including phenoxy) is 2. The van der Waals surface area contributed by atoms with E-state index in [-0.39, 0.29) is 30.7 Å². The maximum absolute atomic E-state index is 12.7. The summed E-state index contributed by atoms with van der Waals surface area (Å²) in [5, 5.41) is 5.74. The van der Waals surface area contributed by atoms with Gasteiger partial charge in [-0.15, -0.1) is 0 Å². The van der Waals surface area contributed by atoms with Gasteiger partial charge in [0.05, 0.1) is 6.20 Å². The van der Waals surface area contributed by atoms with Crippen LogP contribution in [0.3, 0.4) is 0 Å². The monoisotopic (exact) mass is 538 g/mol. The van der Waals surface area contributed by atoms with Crippen LogP contribution in [-0.4, -0.2) is 65.4 Å². The van der Waals surface area contributed by atoms with Crippen LogP contribution in [0.5, 0.6) is 0 Å². The van der Waals surface area contributed by atoms with E-state index in [1.807, 2.05) is 47.2 Å². The first-order valence-electron chi connectivity index (χ1n) is 13.1. The molecule has 0 aliphatic carbocycles. The Morgan fingerprint density at radius 2 is 1.92 bits per heavy atom. The summed E-state index contributed by atoms with van der Waals surface area (Å²) in [6.45, 7) is 11.4. The molecule has 1 aliphatic rings. The molecule has 1 aliphatic heterocycles. The van der Waals surface area contributed by atoms with Gasteiger partial charge >= 0.3 is 12.1 Å². The van der Waals surface area contributed by atoms with Crippen molar-refractivity contribution in [1.82, 2.24) is 24.8 Å². The van der Waals surface area contributed by atoms with Crippen LogP contribution in [0.25, 0.3) is 11.2 Å². The number of likely N-dealkylation sites (tertiary alicyclic amines) is 1. The Morgan fingerprint density at radius 3 is 2.68 bits per heavy atom. The molecule has 2 aromatic heterocycles. The molecule has 2 atom stereocenters. The first-order valence-corrected chi connectivity index (χ1v) is 16.8. The molecule has 3 amide bonds. The van der Waals surface area contributed by atoms with Crippen LogP contribution in [0, 0.1) is 5.92 Å². The molecule has 11 heteroatoms. The summed E-state index contributed by atoms with van der Waals surface area (Å²) >= 11 is 0. The Kier molecular flexibility index (Phi) is 9.00. The van der Waals surface area contributed by atoms with Gasteiger partial charge in [-0.05, 0) is 30.0 Å². The Morgan fingerprint density at radius 1 is 1.13 bits per heavy atom. The zero-order valence-electron chi connectivity index (χ0n) is 22.6. The van der Waals surface area contributed by atoms with Crippen LogP contribution in [0.4, 0.5) is 15.4 Å². The Hall–Kier alpha value is -3.44. The van der Waals surface area contributed by atoms with Gasteiger partial charge < -0.3 is 24.3 Å². The number of rotatable bonds is 9. The van der Waals surface area contributed by atoms with Gasteiger partial charge in [0, 0.05) is 40.0 Å². The molecule has 3 aromatic rings. The molecule has 1 aromatic carbocycles. The Balaban J connectivity index is 1.27. The van der Waals surface area contributed by atoms with Gasteiger partial charge in [0.1, 0.15) is 18.9 Å². The standard InChI is InChI=1S/C27H38N6O4Si/c1-20-14-22(17-33(16-20)27(35)37-18-21-8-6-5-7-9-21)29-26(34)31-24-15-28-25-23(30-24)10-11-32(25)19-36-12-13-38(2,3)4/h5-11,15,20,22H,12-14,16-19H2,1-4H3,(H2,29,30,31,34)/t20-,22-/m0/s1. The van der Waals surface area contributed by atoms with Crippen molar-refractivity contribution >= 4 is 37.2 Å². The molecule has 1 saturated heterocycles. The fourth-order valence-corrected chi connectivity index (χ4v) is 5.18. The molecule has 2 N–H and O–H groups in total.